The standard InChI is InChI=1S/C24H22N4O7S/c29-18-25-24(20-12-6-2-7-13-20,34-17-19-10-4-1-5-11-19)23(31)26-21-16-28(22(21)30)36(32,33)35-27-14-8-3-9-15-27/h1-15,18,21H,16-17H2,(H-,25,26,29,31)/p+1. The average molecular weight is 512 g/mol. The van der Waals surface area contributed by atoms with Crippen molar-refractivity contribution < 1.29 is 36.6 Å². The van der Waals surface area contributed by atoms with Crippen LogP contribution < -0.4 is 19.6 Å². The summed E-state index contributed by atoms with van der Waals surface area (Å²) in [6.45, 7) is -0.393. The summed E-state index contributed by atoms with van der Waals surface area (Å²) >= 11 is 0. The molecular weight excluding hydrogens is 488 g/mol. The third kappa shape index (κ3) is 5.19. The maximum atomic E-state index is 13.5. The molecule has 0 bridgehead atoms. The number of nitrogens with one attached hydrogen (secondary N) is 2. The number of hydrogen-bond acceptors (Lipinski definition) is 7. The Morgan fingerprint density at radius 1 is 1.03 bits per heavy atom. The van der Waals surface area contributed by atoms with Gasteiger partial charge in [-0.25, -0.2) is 0 Å². The van der Waals surface area contributed by atoms with E-state index in [0.29, 0.717) is 16.3 Å². The maximum Gasteiger partial charge on any atom is 0.466 e. The Labute approximate surface area is 207 Å². The van der Waals surface area contributed by atoms with Gasteiger partial charge in [0.1, 0.15) is 6.04 Å². The molecule has 0 aliphatic carbocycles. The molecule has 12 heteroatoms. The highest BCUT2D eigenvalue weighted by Gasteiger charge is 2.51. The molecule has 1 aliphatic heterocycles. The number of carbonyl (C=O) groups excluding carboxylic acids is 3. The van der Waals surface area contributed by atoms with E-state index in [9.17, 15) is 22.8 Å². The molecule has 4 rings (SSSR count). The molecule has 2 unspecified atom stereocenters. The summed E-state index contributed by atoms with van der Waals surface area (Å²) < 4.78 is 37.2. The van der Waals surface area contributed by atoms with Gasteiger partial charge in [0.05, 0.1) is 13.2 Å². The van der Waals surface area contributed by atoms with Crippen molar-refractivity contribution in [2.75, 3.05) is 6.54 Å². The van der Waals surface area contributed by atoms with Crippen molar-refractivity contribution in [1.29, 1.82) is 0 Å². The average Bonchev–Trinajstić information content (AvgIpc) is 2.89. The number of pyridine rings is 1. The van der Waals surface area contributed by atoms with E-state index >= 15 is 0 Å². The van der Waals surface area contributed by atoms with Gasteiger partial charge in [-0.2, -0.15) is 12.7 Å². The molecule has 1 saturated heterocycles. The van der Waals surface area contributed by atoms with Crippen molar-refractivity contribution in [2.45, 2.75) is 18.4 Å². The van der Waals surface area contributed by atoms with E-state index < -0.39 is 33.9 Å². The van der Waals surface area contributed by atoms with Crippen molar-refractivity contribution in [3.63, 3.8) is 0 Å². The molecule has 186 valence electrons. The van der Waals surface area contributed by atoms with E-state index in [2.05, 4.69) is 10.6 Å². The molecular formula is C24H23N4O7S+. The second-order valence-electron chi connectivity index (χ2n) is 7.75. The zero-order valence-electron chi connectivity index (χ0n) is 18.9. The highest BCUT2D eigenvalue weighted by molar-refractivity contribution is 7.85. The lowest BCUT2D eigenvalue weighted by Gasteiger charge is -2.38. The molecule has 2 N–H and O–H groups in total. The first kappa shape index (κ1) is 24.8. The predicted octanol–water partition coefficient (Wildman–Crippen LogP) is -0.210. The Kier molecular flexibility index (Phi) is 7.27. The molecule has 0 radical (unpaired) electrons. The SMILES string of the molecule is O=CNC(OCc1ccccc1)(C(=O)NC1CN(S(=O)(=O)O[n+]2ccccc2)C1=O)c1ccccc1. The monoisotopic (exact) mass is 511 g/mol. The van der Waals surface area contributed by atoms with Crippen LogP contribution in [0.2, 0.25) is 0 Å². The molecule has 36 heavy (non-hydrogen) atoms. The number of carbonyl (C=O) groups is 3. The van der Waals surface area contributed by atoms with Gasteiger partial charge in [-0.3, -0.25) is 14.4 Å². The number of rotatable bonds is 11. The second-order valence-corrected chi connectivity index (χ2v) is 9.19. The fraction of sp³-hybridized carbons (Fsp3) is 0.167. The topological polar surface area (TPSA) is 135 Å². The van der Waals surface area contributed by atoms with E-state index in [1.54, 1.807) is 72.8 Å². The molecule has 1 fully saturated rings. The molecule has 3 amide bonds. The first-order chi connectivity index (χ1) is 17.4. The fourth-order valence-electron chi connectivity index (χ4n) is 3.54. The highest BCUT2D eigenvalue weighted by atomic mass is 32.2. The van der Waals surface area contributed by atoms with Gasteiger partial charge in [0.15, 0.2) is 0 Å². The zero-order valence-corrected chi connectivity index (χ0v) is 19.7. The lowest BCUT2D eigenvalue weighted by molar-refractivity contribution is -0.857. The van der Waals surface area contributed by atoms with Crippen molar-refractivity contribution >= 4 is 28.5 Å². The van der Waals surface area contributed by atoms with Crippen molar-refractivity contribution in [2.24, 2.45) is 0 Å². The van der Waals surface area contributed by atoms with Crippen LogP contribution in [0.5, 0.6) is 0 Å². The quantitative estimate of drug-likeness (QED) is 0.157. The number of ether oxygens (including phenoxy) is 1. The minimum absolute atomic E-state index is 0.0365. The van der Waals surface area contributed by atoms with Gasteiger partial charge in [-0.1, -0.05) is 66.7 Å². The second kappa shape index (κ2) is 10.5. The largest absolute Gasteiger partial charge is 0.466 e. The number of aromatic nitrogens is 1. The molecule has 3 aromatic rings. The summed E-state index contributed by atoms with van der Waals surface area (Å²) in [7, 11) is -4.45. The van der Waals surface area contributed by atoms with Crippen LogP contribution in [0.1, 0.15) is 11.1 Å². The van der Waals surface area contributed by atoms with Crippen LogP contribution in [-0.4, -0.2) is 43.5 Å². The Morgan fingerprint density at radius 3 is 2.25 bits per heavy atom. The minimum atomic E-state index is -4.45. The van der Waals surface area contributed by atoms with Gasteiger partial charge < -0.3 is 15.4 Å². The van der Waals surface area contributed by atoms with Crippen LogP contribution in [0.4, 0.5) is 0 Å². The van der Waals surface area contributed by atoms with Crippen molar-refractivity contribution in [3.8, 4) is 0 Å². The lowest BCUT2D eigenvalue weighted by atomic mass is 10.00. The summed E-state index contributed by atoms with van der Waals surface area (Å²) in [6, 6.07) is 20.8. The van der Waals surface area contributed by atoms with E-state index in [4.69, 9.17) is 9.02 Å². The van der Waals surface area contributed by atoms with Gasteiger partial charge in [0, 0.05) is 22.4 Å². The fourth-order valence-corrected chi connectivity index (χ4v) is 4.61. The van der Waals surface area contributed by atoms with Crippen LogP contribution in [0.25, 0.3) is 0 Å². The normalized spacial score (nSPS) is 16.8. The van der Waals surface area contributed by atoms with Gasteiger partial charge in [-0.05, 0) is 5.56 Å². The molecule has 2 atom stereocenters. The molecule has 1 aromatic heterocycles. The van der Waals surface area contributed by atoms with Gasteiger partial charge in [-0.15, -0.1) is 4.28 Å². The molecule has 2 heterocycles. The van der Waals surface area contributed by atoms with Crippen LogP contribution in [0.3, 0.4) is 0 Å². The van der Waals surface area contributed by atoms with Crippen molar-refractivity contribution in [3.05, 3.63) is 102 Å². The first-order valence-corrected chi connectivity index (χ1v) is 12.2. The lowest BCUT2D eigenvalue weighted by Crippen LogP contribution is -2.70. The van der Waals surface area contributed by atoms with Gasteiger partial charge >= 0.3 is 10.3 Å². The number of amides is 3. The van der Waals surface area contributed by atoms with E-state index in [1.165, 1.54) is 12.4 Å². The summed E-state index contributed by atoms with van der Waals surface area (Å²) in [4.78, 5) is 37.7. The third-order valence-corrected chi connectivity index (χ3v) is 6.63. The molecule has 0 spiro atoms. The molecule has 0 saturated carbocycles. The van der Waals surface area contributed by atoms with E-state index in [-0.39, 0.29) is 13.2 Å². The minimum Gasteiger partial charge on any atom is -0.339 e. The Balaban J connectivity index is 1.52. The predicted molar refractivity (Wildman–Crippen MR) is 124 cm³/mol. The van der Waals surface area contributed by atoms with Crippen LogP contribution in [0.15, 0.2) is 91.3 Å². The van der Waals surface area contributed by atoms with Crippen LogP contribution >= 0.6 is 0 Å². The number of hydrogen-bond donors (Lipinski definition) is 2. The van der Waals surface area contributed by atoms with E-state index in [0.717, 1.165) is 10.3 Å². The summed E-state index contributed by atoms with van der Waals surface area (Å²) in [5, 5.41) is 4.93. The van der Waals surface area contributed by atoms with Crippen LogP contribution in [0, 0.1) is 0 Å². The smallest absolute Gasteiger partial charge is 0.339 e. The molecule has 2 aromatic carbocycles. The molecule has 1 aliphatic rings. The Bertz CT molecular complexity index is 1320. The zero-order chi connectivity index (χ0) is 25.6. The Hall–Kier alpha value is -4.29. The summed E-state index contributed by atoms with van der Waals surface area (Å²) in [5.74, 6) is -1.73. The maximum absolute atomic E-state index is 13.5. The summed E-state index contributed by atoms with van der Waals surface area (Å²) in [6.07, 6.45) is 3.02. The number of benzene rings is 2. The first-order valence-electron chi connectivity index (χ1n) is 10.8. The number of β-lactam (4-membered cyclic amide) rings is 1. The van der Waals surface area contributed by atoms with Crippen LogP contribution in [-0.2, 0) is 41.8 Å². The highest BCUT2D eigenvalue weighted by Crippen LogP contribution is 2.26. The summed E-state index contributed by atoms with van der Waals surface area (Å²) in [5.41, 5.74) is -0.925. The van der Waals surface area contributed by atoms with Crippen molar-refractivity contribution in [1.82, 2.24) is 14.9 Å². The third-order valence-electron chi connectivity index (χ3n) is 5.40. The number of nitrogens with zero attached hydrogens (tertiary/aromatic N) is 2. The van der Waals surface area contributed by atoms with Gasteiger partial charge in [0.2, 0.25) is 24.5 Å². The van der Waals surface area contributed by atoms with E-state index in [1.807, 2.05) is 6.07 Å². The molecule has 11 nitrogen and oxygen atoms in total. The van der Waals surface area contributed by atoms with Gasteiger partial charge in [0.25, 0.3) is 11.8 Å². The Morgan fingerprint density at radius 2 is 1.64 bits per heavy atom.